The number of hydrogen-bond acceptors (Lipinski definition) is 5. The molecule has 1 aliphatic heterocycles. The molecule has 1 saturated carbocycles. The summed E-state index contributed by atoms with van der Waals surface area (Å²) >= 11 is 0. The molecular weight excluding hydrogens is 360 g/mol. The lowest BCUT2D eigenvalue weighted by Gasteiger charge is -2.41. The molecule has 1 aliphatic carbocycles. The fraction of sp³-hybridized carbons (Fsp3) is 0.696. The second-order valence-corrected chi connectivity index (χ2v) is 9.44. The second kappa shape index (κ2) is 8.52. The number of tetrazole rings is 1. The van der Waals surface area contributed by atoms with Crippen molar-refractivity contribution in [3.63, 3.8) is 0 Å². The molecule has 2 aliphatic rings. The van der Waals surface area contributed by atoms with Gasteiger partial charge < -0.3 is 0 Å². The molecule has 2 fully saturated rings. The molecular formula is C23H36N6. The lowest BCUT2D eigenvalue weighted by molar-refractivity contribution is 0.0751. The first-order valence-electron chi connectivity index (χ1n) is 11.3. The first-order chi connectivity index (χ1) is 14.0. The predicted molar refractivity (Wildman–Crippen MR) is 116 cm³/mol. The summed E-state index contributed by atoms with van der Waals surface area (Å²) in [6.45, 7) is 13.2. The van der Waals surface area contributed by atoms with Crippen LogP contribution >= 0.6 is 0 Å². The molecule has 0 bridgehead atoms. The zero-order valence-corrected chi connectivity index (χ0v) is 18.5. The fourth-order valence-electron chi connectivity index (χ4n) is 4.85. The first-order valence-corrected chi connectivity index (χ1v) is 11.3. The van der Waals surface area contributed by atoms with Gasteiger partial charge in [-0.25, -0.2) is 4.68 Å². The summed E-state index contributed by atoms with van der Waals surface area (Å²) < 4.78 is 2.06. The highest BCUT2D eigenvalue weighted by Crippen LogP contribution is 2.33. The van der Waals surface area contributed by atoms with E-state index in [1.807, 2.05) is 0 Å². The van der Waals surface area contributed by atoms with E-state index in [4.69, 9.17) is 0 Å². The number of aromatic nitrogens is 4. The minimum Gasteiger partial charge on any atom is -0.298 e. The number of piperazine rings is 1. The van der Waals surface area contributed by atoms with Crippen molar-refractivity contribution >= 4 is 0 Å². The van der Waals surface area contributed by atoms with Crippen molar-refractivity contribution in [2.24, 2.45) is 0 Å². The third-order valence-corrected chi connectivity index (χ3v) is 7.12. The normalized spacial score (nSPS) is 21.0. The van der Waals surface area contributed by atoms with Crippen LogP contribution in [-0.2, 0) is 5.54 Å². The van der Waals surface area contributed by atoms with Gasteiger partial charge in [-0.1, -0.05) is 49.6 Å². The summed E-state index contributed by atoms with van der Waals surface area (Å²) in [5.74, 6) is 0.968. The lowest BCUT2D eigenvalue weighted by Crippen LogP contribution is -2.51. The molecule has 0 spiro atoms. The van der Waals surface area contributed by atoms with Gasteiger partial charge in [0.05, 0.1) is 11.6 Å². The standard InChI is InChI=1S/C23H36N6/c1-5-23(3,4)29-22(24-25-26-29)21(19-12-10-18(2)11-13-19)28-16-14-27(15-17-28)20-8-6-7-9-20/h10-13,20-21H,5-9,14-17H2,1-4H3/t21-/m0/s1. The Balaban J connectivity index is 1.62. The van der Waals surface area contributed by atoms with Crippen LogP contribution < -0.4 is 0 Å². The summed E-state index contributed by atoms with van der Waals surface area (Å²) in [6.07, 6.45) is 6.55. The van der Waals surface area contributed by atoms with E-state index in [1.54, 1.807) is 0 Å². The van der Waals surface area contributed by atoms with Gasteiger partial charge in [0, 0.05) is 32.2 Å². The van der Waals surface area contributed by atoms with E-state index in [0.717, 1.165) is 44.5 Å². The number of hydrogen-bond donors (Lipinski definition) is 0. The van der Waals surface area contributed by atoms with Crippen LogP contribution in [0, 0.1) is 6.92 Å². The monoisotopic (exact) mass is 396 g/mol. The van der Waals surface area contributed by atoms with Crippen LogP contribution in [0.5, 0.6) is 0 Å². The Labute approximate surface area is 175 Å². The van der Waals surface area contributed by atoms with E-state index >= 15 is 0 Å². The van der Waals surface area contributed by atoms with Crippen molar-refractivity contribution in [2.75, 3.05) is 26.2 Å². The highest BCUT2D eigenvalue weighted by molar-refractivity contribution is 5.28. The van der Waals surface area contributed by atoms with Gasteiger partial charge >= 0.3 is 0 Å². The molecule has 0 radical (unpaired) electrons. The van der Waals surface area contributed by atoms with E-state index in [-0.39, 0.29) is 11.6 Å². The van der Waals surface area contributed by atoms with E-state index in [9.17, 15) is 0 Å². The Morgan fingerprint density at radius 3 is 2.31 bits per heavy atom. The topological polar surface area (TPSA) is 50.1 Å². The van der Waals surface area contributed by atoms with Crippen LogP contribution in [0.2, 0.25) is 0 Å². The first kappa shape index (κ1) is 20.5. The van der Waals surface area contributed by atoms with Crippen molar-refractivity contribution in [2.45, 2.75) is 77.4 Å². The van der Waals surface area contributed by atoms with Crippen LogP contribution in [0.1, 0.15) is 75.9 Å². The maximum Gasteiger partial charge on any atom is 0.173 e. The highest BCUT2D eigenvalue weighted by Gasteiger charge is 2.35. The van der Waals surface area contributed by atoms with Gasteiger partial charge in [-0.05, 0) is 56.0 Å². The molecule has 29 heavy (non-hydrogen) atoms. The minimum absolute atomic E-state index is 0.0992. The van der Waals surface area contributed by atoms with E-state index in [2.05, 4.69) is 82.0 Å². The highest BCUT2D eigenvalue weighted by atomic mass is 15.6. The Kier molecular flexibility index (Phi) is 6.02. The van der Waals surface area contributed by atoms with Crippen LogP contribution in [0.25, 0.3) is 0 Å². The van der Waals surface area contributed by atoms with E-state index < -0.39 is 0 Å². The largest absolute Gasteiger partial charge is 0.298 e. The molecule has 6 heteroatoms. The van der Waals surface area contributed by atoms with Crippen LogP contribution in [0.4, 0.5) is 0 Å². The average molecular weight is 397 g/mol. The van der Waals surface area contributed by atoms with E-state index in [1.165, 1.54) is 36.8 Å². The molecule has 0 amide bonds. The number of rotatable bonds is 6. The predicted octanol–water partition coefficient (Wildman–Crippen LogP) is 3.78. The average Bonchev–Trinajstić information content (AvgIpc) is 3.43. The van der Waals surface area contributed by atoms with Crippen molar-refractivity contribution in [3.05, 3.63) is 41.2 Å². The molecule has 1 aromatic heterocycles. The van der Waals surface area contributed by atoms with Crippen molar-refractivity contribution < 1.29 is 0 Å². The van der Waals surface area contributed by atoms with Gasteiger partial charge in [0.2, 0.25) is 0 Å². The molecule has 2 aromatic rings. The molecule has 6 nitrogen and oxygen atoms in total. The number of nitrogens with zero attached hydrogens (tertiary/aromatic N) is 6. The summed E-state index contributed by atoms with van der Waals surface area (Å²) in [5.41, 5.74) is 2.47. The maximum absolute atomic E-state index is 4.55. The molecule has 0 N–H and O–H groups in total. The molecule has 4 rings (SSSR count). The third kappa shape index (κ3) is 4.24. The Morgan fingerprint density at radius 1 is 1.03 bits per heavy atom. The van der Waals surface area contributed by atoms with Crippen LogP contribution in [-0.4, -0.2) is 62.2 Å². The lowest BCUT2D eigenvalue weighted by atomic mass is 9.98. The van der Waals surface area contributed by atoms with Gasteiger partial charge in [0.1, 0.15) is 0 Å². The quantitative estimate of drug-likeness (QED) is 0.744. The SMILES string of the molecule is CCC(C)(C)n1nnnc1[C@H](c1ccc(C)cc1)N1CCN(C2CCCC2)CC1. The maximum atomic E-state index is 4.55. The van der Waals surface area contributed by atoms with Gasteiger partial charge in [-0.2, -0.15) is 0 Å². The summed E-state index contributed by atoms with van der Waals surface area (Å²) in [5, 5.41) is 13.1. The Bertz CT molecular complexity index is 782. The molecule has 1 saturated heterocycles. The van der Waals surface area contributed by atoms with Gasteiger partial charge in [-0.3, -0.25) is 9.80 Å². The van der Waals surface area contributed by atoms with Crippen molar-refractivity contribution in [3.8, 4) is 0 Å². The molecule has 1 atom stereocenters. The van der Waals surface area contributed by atoms with Crippen LogP contribution in [0.3, 0.4) is 0 Å². The molecule has 2 heterocycles. The summed E-state index contributed by atoms with van der Waals surface area (Å²) in [6, 6.07) is 9.82. The zero-order chi connectivity index (χ0) is 20.4. The van der Waals surface area contributed by atoms with Crippen molar-refractivity contribution in [1.82, 2.24) is 30.0 Å². The molecule has 158 valence electrons. The summed E-state index contributed by atoms with van der Waals surface area (Å²) in [7, 11) is 0. The van der Waals surface area contributed by atoms with E-state index in [0.29, 0.717) is 0 Å². The number of benzene rings is 1. The van der Waals surface area contributed by atoms with Crippen molar-refractivity contribution in [1.29, 1.82) is 0 Å². The molecule has 0 unspecified atom stereocenters. The Hall–Kier alpha value is -1.79. The number of aryl methyl sites for hydroxylation is 1. The summed E-state index contributed by atoms with van der Waals surface area (Å²) in [4.78, 5) is 5.30. The zero-order valence-electron chi connectivity index (χ0n) is 18.5. The minimum atomic E-state index is -0.104. The smallest absolute Gasteiger partial charge is 0.173 e. The third-order valence-electron chi connectivity index (χ3n) is 7.12. The molecule has 1 aromatic carbocycles. The van der Waals surface area contributed by atoms with Gasteiger partial charge in [0.15, 0.2) is 5.82 Å². The Morgan fingerprint density at radius 2 is 1.69 bits per heavy atom. The fourth-order valence-corrected chi connectivity index (χ4v) is 4.85. The second-order valence-electron chi connectivity index (χ2n) is 9.44. The van der Waals surface area contributed by atoms with Gasteiger partial charge in [0.25, 0.3) is 0 Å². The van der Waals surface area contributed by atoms with Gasteiger partial charge in [-0.15, -0.1) is 5.10 Å². The van der Waals surface area contributed by atoms with Crippen LogP contribution in [0.15, 0.2) is 24.3 Å².